The van der Waals surface area contributed by atoms with Gasteiger partial charge in [0, 0.05) is 25.5 Å². The molecule has 0 radical (unpaired) electrons. The summed E-state index contributed by atoms with van der Waals surface area (Å²) in [5, 5.41) is 7.74. The molecule has 1 amide bonds. The molecular weight excluding hydrogens is 318 g/mol. The van der Waals surface area contributed by atoms with Gasteiger partial charge in [0.05, 0.1) is 0 Å². The maximum absolute atomic E-state index is 10.1. The maximum atomic E-state index is 10.1. The molecular formula is C19H29N3OS. The highest BCUT2D eigenvalue weighted by molar-refractivity contribution is 8.02. The second-order valence-electron chi connectivity index (χ2n) is 4.72. The minimum absolute atomic E-state index is 0.659. The Morgan fingerprint density at radius 1 is 1.29 bits per heavy atom. The minimum atomic E-state index is 0.659. The number of thioether (sulfide) groups is 1. The SMILES string of the molecule is C=N/C(=C\SCC)CC.CN/C=C(/CCNC=O)c1ccccc1. The number of nitrogens with one attached hydrogen (secondary N) is 2. The number of nitrogens with zero attached hydrogens (tertiary/aromatic N) is 1. The standard InChI is InChI=1S/C12H16N2O.C7H13NS/c1-13-9-12(7-8-14-10-15)11-5-3-2-4-6-11;1-4-7(8-3)6-9-5-2/h2-6,9-10,13H,7-8H2,1H3,(H,14,15);6H,3-5H2,1-2H3/b12-9-;7-6-. The number of hydrogen-bond acceptors (Lipinski definition) is 4. The Balaban J connectivity index is 0.000000506. The molecule has 0 spiro atoms. The minimum Gasteiger partial charge on any atom is -0.394 e. The highest BCUT2D eigenvalue weighted by Crippen LogP contribution is 2.16. The van der Waals surface area contributed by atoms with Crippen LogP contribution in [-0.4, -0.2) is 32.5 Å². The third-order valence-electron chi connectivity index (χ3n) is 3.04. The fourth-order valence-electron chi connectivity index (χ4n) is 1.80. The van der Waals surface area contributed by atoms with E-state index in [0.717, 1.165) is 30.7 Å². The molecule has 0 aliphatic carbocycles. The number of carbonyl (C=O) groups excluding carboxylic acids is 1. The second-order valence-corrected chi connectivity index (χ2v) is 5.87. The van der Waals surface area contributed by atoms with Crippen molar-refractivity contribution in [3.63, 3.8) is 0 Å². The molecule has 2 N–H and O–H groups in total. The summed E-state index contributed by atoms with van der Waals surface area (Å²) in [7, 11) is 1.87. The largest absolute Gasteiger partial charge is 0.394 e. The van der Waals surface area contributed by atoms with Gasteiger partial charge in [-0.2, -0.15) is 0 Å². The molecule has 1 rings (SSSR count). The third kappa shape index (κ3) is 10.7. The van der Waals surface area contributed by atoms with Crippen LogP contribution in [0.15, 0.2) is 52.6 Å². The normalized spacial score (nSPS) is 11.1. The lowest BCUT2D eigenvalue weighted by Crippen LogP contribution is -2.13. The molecule has 0 saturated carbocycles. The molecule has 0 saturated heterocycles. The van der Waals surface area contributed by atoms with Gasteiger partial charge in [-0.1, -0.05) is 44.2 Å². The lowest BCUT2D eigenvalue weighted by atomic mass is 10.0. The Hall–Kier alpha value is -2.01. The Bertz CT molecular complexity index is 513. The zero-order valence-electron chi connectivity index (χ0n) is 14.9. The van der Waals surface area contributed by atoms with Crippen LogP contribution in [0.5, 0.6) is 0 Å². The van der Waals surface area contributed by atoms with Crippen molar-refractivity contribution in [3.8, 4) is 0 Å². The molecule has 0 fully saturated rings. The predicted octanol–water partition coefficient (Wildman–Crippen LogP) is 4.07. The number of amides is 1. The lowest BCUT2D eigenvalue weighted by molar-refractivity contribution is -0.109. The van der Waals surface area contributed by atoms with Crippen molar-refractivity contribution >= 4 is 30.5 Å². The third-order valence-corrected chi connectivity index (χ3v) is 3.81. The van der Waals surface area contributed by atoms with Gasteiger partial charge in [0.1, 0.15) is 0 Å². The summed E-state index contributed by atoms with van der Waals surface area (Å²) in [6, 6.07) is 10.1. The average molecular weight is 348 g/mol. The molecule has 132 valence electrons. The van der Waals surface area contributed by atoms with Crippen LogP contribution < -0.4 is 10.6 Å². The van der Waals surface area contributed by atoms with Crippen LogP contribution in [-0.2, 0) is 4.79 Å². The van der Waals surface area contributed by atoms with Crippen LogP contribution in [0.2, 0.25) is 0 Å². The van der Waals surface area contributed by atoms with Crippen molar-refractivity contribution in [1.29, 1.82) is 0 Å². The second kappa shape index (κ2) is 15.9. The first-order valence-electron chi connectivity index (χ1n) is 8.09. The fourth-order valence-corrected chi connectivity index (χ4v) is 2.40. The van der Waals surface area contributed by atoms with E-state index in [4.69, 9.17) is 0 Å². The van der Waals surface area contributed by atoms with E-state index < -0.39 is 0 Å². The number of hydrogen-bond donors (Lipinski definition) is 2. The van der Waals surface area contributed by atoms with Crippen LogP contribution in [0.3, 0.4) is 0 Å². The van der Waals surface area contributed by atoms with Gasteiger partial charge in [0.25, 0.3) is 0 Å². The highest BCUT2D eigenvalue weighted by atomic mass is 32.2. The highest BCUT2D eigenvalue weighted by Gasteiger charge is 1.99. The number of benzene rings is 1. The topological polar surface area (TPSA) is 53.5 Å². The first kappa shape index (κ1) is 22.0. The van der Waals surface area contributed by atoms with Gasteiger partial charge in [0.2, 0.25) is 6.41 Å². The van der Waals surface area contributed by atoms with E-state index in [1.54, 1.807) is 11.8 Å². The van der Waals surface area contributed by atoms with E-state index in [0.29, 0.717) is 6.54 Å². The van der Waals surface area contributed by atoms with E-state index in [1.165, 1.54) is 11.1 Å². The quantitative estimate of drug-likeness (QED) is 0.381. The van der Waals surface area contributed by atoms with Crippen LogP contribution >= 0.6 is 11.8 Å². The van der Waals surface area contributed by atoms with Crippen molar-refractivity contribution in [2.24, 2.45) is 4.99 Å². The molecule has 0 heterocycles. The first-order valence-corrected chi connectivity index (χ1v) is 9.14. The molecule has 0 aliphatic rings. The molecule has 0 aromatic heterocycles. The van der Waals surface area contributed by atoms with Crippen molar-refractivity contribution in [1.82, 2.24) is 10.6 Å². The van der Waals surface area contributed by atoms with Gasteiger partial charge < -0.3 is 10.6 Å². The molecule has 5 heteroatoms. The summed E-state index contributed by atoms with van der Waals surface area (Å²) in [5.41, 5.74) is 3.45. The number of allylic oxidation sites excluding steroid dienone is 1. The Morgan fingerprint density at radius 2 is 2.00 bits per heavy atom. The number of aliphatic imine (C=N–C) groups is 1. The van der Waals surface area contributed by atoms with Crippen molar-refractivity contribution < 1.29 is 4.79 Å². The van der Waals surface area contributed by atoms with Gasteiger partial charge in [-0.25, -0.2) is 0 Å². The summed E-state index contributed by atoms with van der Waals surface area (Å²) in [6.45, 7) is 8.31. The van der Waals surface area contributed by atoms with Gasteiger partial charge in [0.15, 0.2) is 0 Å². The van der Waals surface area contributed by atoms with Crippen LogP contribution in [0.4, 0.5) is 0 Å². The fraction of sp³-hybridized carbons (Fsp3) is 0.368. The van der Waals surface area contributed by atoms with E-state index in [2.05, 4.69) is 53.7 Å². The predicted molar refractivity (Wildman–Crippen MR) is 108 cm³/mol. The van der Waals surface area contributed by atoms with Crippen molar-refractivity contribution in [3.05, 3.63) is 53.2 Å². The molecule has 4 nitrogen and oxygen atoms in total. The van der Waals surface area contributed by atoms with Gasteiger partial charge in [-0.15, -0.1) is 11.8 Å². The Kier molecular flexibility index (Phi) is 14.5. The summed E-state index contributed by atoms with van der Waals surface area (Å²) >= 11 is 1.77. The van der Waals surface area contributed by atoms with Gasteiger partial charge >= 0.3 is 0 Å². The average Bonchev–Trinajstić information content (AvgIpc) is 2.63. The van der Waals surface area contributed by atoms with E-state index in [1.807, 2.05) is 31.4 Å². The van der Waals surface area contributed by atoms with Crippen molar-refractivity contribution in [2.75, 3.05) is 19.3 Å². The lowest BCUT2D eigenvalue weighted by Gasteiger charge is -2.07. The summed E-state index contributed by atoms with van der Waals surface area (Å²) < 4.78 is 0. The van der Waals surface area contributed by atoms with Crippen LogP contribution in [0, 0.1) is 0 Å². The van der Waals surface area contributed by atoms with Crippen LogP contribution in [0.1, 0.15) is 32.3 Å². The van der Waals surface area contributed by atoms with Gasteiger partial charge in [-0.05, 0) is 41.9 Å². The Labute approximate surface area is 150 Å². The maximum Gasteiger partial charge on any atom is 0.207 e. The van der Waals surface area contributed by atoms with Gasteiger partial charge in [-0.3, -0.25) is 9.79 Å². The molecule has 0 atom stereocenters. The van der Waals surface area contributed by atoms with E-state index >= 15 is 0 Å². The van der Waals surface area contributed by atoms with Crippen molar-refractivity contribution in [2.45, 2.75) is 26.7 Å². The summed E-state index contributed by atoms with van der Waals surface area (Å²) in [4.78, 5) is 14.0. The molecule has 1 aromatic rings. The van der Waals surface area contributed by atoms with E-state index in [9.17, 15) is 4.79 Å². The number of carbonyl (C=O) groups is 1. The van der Waals surface area contributed by atoms with Crippen LogP contribution in [0.25, 0.3) is 5.57 Å². The first-order chi connectivity index (χ1) is 11.7. The molecule has 24 heavy (non-hydrogen) atoms. The zero-order valence-corrected chi connectivity index (χ0v) is 15.7. The molecule has 0 bridgehead atoms. The number of rotatable bonds is 10. The smallest absolute Gasteiger partial charge is 0.207 e. The van der Waals surface area contributed by atoms with E-state index in [-0.39, 0.29) is 0 Å². The Morgan fingerprint density at radius 3 is 2.50 bits per heavy atom. The zero-order chi connectivity index (χ0) is 18.0. The molecule has 1 aromatic carbocycles. The summed E-state index contributed by atoms with van der Waals surface area (Å²) in [5.74, 6) is 1.11. The molecule has 0 unspecified atom stereocenters. The molecule has 0 aliphatic heterocycles. The summed E-state index contributed by atoms with van der Waals surface area (Å²) in [6.07, 6.45) is 4.49. The monoisotopic (exact) mass is 347 g/mol.